The second-order valence-electron chi connectivity index (χ2n) is 5.75. The molecule has 1 aliphatic carbocycles. The van der Waals surface area contributed by atoms with Crippen LogP contribution in [-0.2, 0) is 0 Å². The molecular formula is C19H16F2N2O2. The molecule has 0 bridgehead atoms. The minimum Gasteiger partial charge on any atom is -0.465 e. The predicted octanol–water partition coefficient (Wildman–Crippen LogP) is 5.44. The van der Waals surface area contributed by atoms with Gasteiger partial charge < -0.3 is 5.11 Å². The fraction of sp³-hybridized carbons (Fsp3) is 0.158. The number of hydrogen-bond donors (Lipinski definition) is 2. The summed E-state index contributed by atoms with van der Waals surface area (Å²) in [6, 6.07) is 9.84. The highest BCUT2D eigenvalue weighted by molar-refractivity contribution is 5.91. The maximum absolute atomic E-state index is 13.8. The molecule has 1 aliphatic rings. The van der Waals surface area contributed by atoms with Gasteiger partial charge in [-0.1, -0.05) is 31.4 Å². The summed E-state index contributed by atoms with van der Waals surface area (Å²) >= 11 is 0. The molecule has 0 spiro atoms. The largest absolute Gasteiger partial charge is 0.465 e. The smallest absolute Gasteiger partial charge is 0.410 e. The summed E-state index contributed by atoms with van der Waals surface area (Å²) in [5, 5.41) is 12.2. The van der Waals surface area contributed by atoms with E-state index in [-0.39, 0.29) is 11.4 Å². The highest BCUT2D eigenvalue weighted by Gasteiger charge is 2.08. The molecule has 4 rings (SSSR count). The quantitative estimate of drug-likeness (QED) is 0.652. The van der Waals surface area contributed by atoms with E-state index in [4.69, 9.17) is 5.11 Å². The molecule has 0 radical (unpaired) electrons. The molecule has 0 unspecified atom stereocenters. The van der Waals surface area contributed by atoms with Gasteiger partial charge >= 0.3 is 6.09 Å². The molecule has 4 nitrogen and oxygen atoms in total. The van der Waals surface area contributed by atoms with Crippen LogP contribution >= 0.6 is 0 Å². The van der Waals surface area contributed by atoms with Crippen LogP contribution in [0.1, 0.15) is 19.3 Å². The van der Waals surface area contributed by atoms with E-state index in [1.54, 1.807) is 24.3 Å². The number of nitrogens with zero attached hydrogens (tertiary/aromatic N) is 1. The lowest BCUT2D eigenvalue weighted by Crippen LogP contribution is -2.08. The first-order valence-corrected chi connectivity index (χ1v) is 7.88. The second-order valence-corrected chi connectivity index (χ2v) is 5.75. The van der Waals surface area contributed by atoms with Gasteiger partial charge in [-0.05, 0) is 41.3 Å². The topological polar surface area (TPSA) is 62.2 Å². The molecule has 1 amide bonds. The molecule has 2 aromatic carbocycles. The van der Waals surface area contributed by atoms with E-state index in [1.807, 2.05) is 0 Å². The normalized spacial score (nSPS) is 12.2. The van der Waals surface area contributed by atoms with Crippen molar-refractivity contribution in [1.29, 1.82) is 0 Å². The lowest BCUT2D eigenvalue weighted by atomic mass is 10.0. The Balaban J connectivity index is 0.000000549. The summed E-state index contributed by atoms with van der Waals surface area (Å²) in [4.78, 5) is 14.5. The molecule has 1 aromatic heterocycles. The number of aromatic nitrogens is 1. The van der Waals surface area contributed by atoms with E-state index < -0.39 is 17.7 Å². The molecule has 25 heavy (non-hydrogen) atoms. The Hall–Kier alpha value is -3.02. The van der Waals surface area contributed by atoms with Crippen LogP contribution in [0.2, 0.25) is 0 Å². The van der Waals surface area contributed by atoms with Crippen molar-refractivity contribution in [2.45, 2.75) is 19.3 Å². The number of pyridine rings is 1. The molecule has 1 saturated carbocycles. The standard InChI is InChI=1S/C16H10F2N2O2.C3H6/c17-12-3-4-14(18)13(7-12)10-2-1-9-6-15(20-16(21)22)19-8-11(9)5-10;1-2-3-1/h1-8H,(H,19,20)(H,21,22);1-3H2. The zero-order valence-electron chi connectivity index (χ0n) is 13.3. The first-order valence-electron chi connectivity index (χ1n) is 7.88. The van der Waals surface area contributed by atoms with Crippen molar-refractivity contribution in [2.24, 2.45) is 0 Å². The highest BCUT2D eigenvalue weighted by Crippen LogP contribution is 2.27. The van der Waals surface area contributed by atoms with E-state index >= 15 is 0 Å². The van der Waals surface area contributed by atoms with E-state index in [0.717, 1.165) is 23.6 Å². The van der Waals surface area contributed by atoms with Crippen LogP contribution in [0.5, 0.6) is 0 Å². The Bertz CT molecular complexity index is 924. The SMILES string of the molecule is C1CC1.O=C(O)Nc1cc2ccc(-c3cc(F)ccc3F)cc2cn1. The third-order valence-electron chi connectivity index (χ3n) is 3.55. The Kier molecular flexibility index (Phi) is 4.88. The average Bonchev–Trinajstić information content (AvgIpc) is 3.45. The lowest BCUT2D eigenvalue weighted by Gasteiger charge is -2.07. The summed E-state index contributed by atoms with van der Waals surface area (Å²) in [5.41, 5.74) is 0.680. The molecule has 1 heterocycles. The highest BCUT2D eigenvalue weighted by atomic mass is 19.1. The number of fused-ring (bicyclic) bond motifs is 1. The predicted molar refractivity (Wildman–Crippen MR) is 92.6 cm³/mol. The van der Waals surface area contributed by atoms with Gasteiger partial charge in [0.2, 0.25) is 0 Å². The number of benzene rings is 2. The zero-order chi connectivity index (χ0) is 17.8. The Labute approximate surface area is 143 Å². The number of hydrogen-bond acceptors (Lipinski definition) is 2. The Morgan fingerprint density at radius 2 is 1.76 bits per heavy atom. The van der Waals surface area contributed by atoms with Gasteiger partial charge in [-0.2, -0.15) is 0 Å². The number of carboxylic acid groups (broad SMARTS) is 1. The fourth-order valence-corrected chi connectivity index (χ4v) is 2.21. The second kappa shape index (κ2) is 7.25. The molecule has 6 heteroatoms. The van der Waals surface area contributed by atoms with Crippen LogP contribution in [0.15, 0.2) is 48.7 Å². The van der Waals surface area contributed by atoms with Crippen molar-refractivity contribution < 1.29 is 18.7 Å². The van der Waals surface area contributed by atoms with Crippen LogP contribution in [0.4, 0.5) is 19.4 Å². The molecule has 0 saturated heterocycles. The molecule has 2 N–H and O–H groups in total. The van der Waals surface area contributed by atoms with E-state index in [9.17, 15) is 13.6 Å². The van der Waals surface area contributed by atoms with E-state index in [1.165, 1.54) is 25.5 Å². The van der Waals surface area contributed by atoms with Crippen molar-refractivity contribution in [3.63, 3.8) is 0 Å². The third kappa shape index (κ3) is 4.50. The van der Waals surface area contributed by atoms with Crippen molar-refractivity contribution in [2.75, 3.05) is 5.32 Å². The summed E-state index contributed by atoms with van der Waals surface area (Å²) < 4.78 is 27.1. The molecule has 3 aromatic rings. The van der Waals surface area contributed by atoms with Crippen LogP contribution in [0, 0.1) is 11.6 Å². The summed E-state index contributed by atoms with van der Waals surface area (Å²) in [6.07, 6.45) is 4.77. The minimum absolute atomic E-state index is 0.162. The first-order chi connectivity index (χ1) is 12.0. The number of rotatable bonds is 2. The first kappa shape index (κ1) is 16.8. The van der Waals surface area contributed by atoms with Crippen LogP contribution < -0.4 is 5.32 Å². The van der Waals surface area contributed by atoms with Crippen molar-refractivity contribution in [3.05, 3.63) is 60.3 Å². The van der Waals surface area contributed by atoms with Crippen molar-refractivity contribution in [3.8, 4) is 11.1 Å². The van der Waals surface area contributed by atoms with Gasteiger partial charge in [0.15, 0.2) is 0 Å². The van der Waals surface area contributed by atoms with Crippen LogP contribution in [0.25, 0.3) is 21.9 Å². The molecule has 0 atom stereocenters. The third-order valence-corrected chi connectivity index (χ3v) is 3.55. The Morgan fingerprint density at radius 1 is 1.00 bits per heavy atom. The summed E-state index contributed by atoms with van der Waals surface area (Å²) in [6.45, 7) is 0. The van der Waals surface area contributed by atoms with Gasteiger partial charge in [-0.3, -0.25) is 5.32 Å². The molecule has 128 valence electrons. The number of anilines is 1. The zero-order valence-corrected chi connectivity index (χ0v) is 13.3. The van der Waals surface area contributed by atoms with Gasteiger partial charge in [-0.15, -0.1) is 0 Å². The van der Waals surface area contributed by atoms with Crippen molar-refractivity contribution >= 4 is 22.7 Å². The van der Waals surface area contributed by atoms with E-state index in [0.29, 0.717) is 10.9 Å². The van der Waals surface area contributed by atoms with Gasteiger partial charge in [0.1, 0.15) is 17.5 Å². The van der Waals surface area contributed by atoms with Crippen LogP contribution in [-0.4, -0.2) is 16.2 Å². The number of carbonyl (C=O) groups is 1. The number of nitrogens with one attached hydrogen (secondary N) is 1. The van der Waals surface area contributed by atoms with Gasteiger partial charge in [0.05, 0.1) is 0 Å². The van der Waals surface area contributed by atoms with Crippen molar-refractivity contribution in [1.82, 2.24) is 4.98 Å². The van der Waals surface area contributed by atoms with Gasteiger partial charge in [0, 0.05) is 17.1 Å². The van der Waals surface area contributed by atoms with Crippen LogP contribution in [0.3, 0.4) is 0 Å². The summed E-state index contributed by atoms with van der Waals surface area (Å²) in [7, 11) is 0. The van der Waals surface area contributed by atoms with Gasteiger partial charge in [-0.25, -0.2) is 18.6 Å². The Morgan fingerprint density at radius 3 is 2.44 bits per heavy atom. The van der Waals surface area contributed by atoms with E-state index in [2.05, 4.69) is 10.3 Å². The average molecular weight is 342 g/mol. The van der Waals surface area contributed by atoms with Gasteiger partial charge in [0.25, 0.3) is 0 Å². The fourth-order valence-electron chi connectivity index (χ4n) is 2.21. The summed E-state index contributed by atoms with van der Waals surface area (Å²) in [5.74, 6) is -0.835. The maximum atomic E-state index is 13.8. The molecule has 1 fully saturated rings. The molecule has 0 aliphatic heterocycles. The lowest BCUT2D eigenvalue weighted by molar-refractivity contribution is 0.209. The molecular weight excluding hydrogens is 326 g/mol. The number of amides is 1. The monoisotopic (exact) mass is 342 g/mol. The minimum atomic E-state index is -1.20. The number of halogens is 2. The maximum Gasteiger partial charge on any atom is 0.410 e.